The van der Waals surface area contributed by atoms with E-state index in [1.54, 1.807) is 12.5 Å². The van der Waals surface area contributed by atoms with E-state index in [0.29, 0.717) is 12.3 Å². The molecule has 1 aromatic heterocycles. The molecule has 1 amide bonds. The van der Waals surface area contributed by atoms with Gasteiger partial charge in [-0.25, -0.2) is 10.8 Å². The second-order valence-corrected chi connectivity index (χ2v) is 13.2. The predicted octanol–water partition coefficient (Wildman–Crippen LogP) is 3.68. The molecule has 0 bridgehead atoms. The number of nitrogens with two attached hydrogens (primary N) is 1. The quantitative estimate of drug-likeness (QED) is 0.313. The number of hydrogen-bond donors (Lipinski definition) is 2. The molecule has 0 aliphatic rings. The molecule has 0 aliphatic carbocycles. The summed E-state index contributed by atoms with van der Waals surface area (Å²) in [6.45, 7) is 11.8. The lowest BCUT2D eigenvalue weighted by Gasteiger charge is -2.37. The van der Waals surface area contributed by atoms with Gasteiger partial charge in [-0.1, -0.05) is 51.1 Å². The Balaban J connectivity index is 2.15. The van der Waals surface area contributed by atoms with E-state index >= 15 is 0 Å². The molecule has 0 fully saturated rings. The van der Waals surface area contributed by atoms with Crippen molar-refractivity contribution >= 4 is 14.2 Å². The molecule has 0 radical (unpaired) electrons. The molecule has 0 saturated heterocycles. The normalized spacial score (nSPS) is 13.4. The number of aryl methyl sites for hydroxylation is 1. The van der Waals surface area contributed by atoms with Crippen molar-refractivity contribution in [2.75, 3.05) is 6.61 Å². The maximum absolute atomic E-state index is 11.7. The molecule has 3 N–H and O–H groups in total. The van der Waals surface area contributed by atoms with Crippen molar-refractivity contribution in [3.05, 3.63) is 54.1 Å². The van der Waals surface area contributed by atoms with Gasteiger partial charge in [0.15, 0.2) is 8.32 Å². The van der Waals surface area contributed by atoms with E-state index in [9.17, 15) is 4.79 Å². The van der Waals surface area contributed by atoms with Crippen molar-refractivity contribution in [2.24, 2.45) is 5.84 Å². The molecule has 0 saturated carbocycles. The number of amides is 1. The lowest BCUT2D eigenvalue weighted by molar-refractivity contribution is 0.0949. The highest BCUT2D eigenvalue weighted by molar-refractivity contribution is 6.74. The van der Waals surface area contributed by atoms with Crippen LogP contribution in [0.5, 0.6) is 0 Å². The summed E-state index contributed by atoms with van der Waals surface area (Å²) in [4.78, 5) is 15.9. The summed E-state index contributed by atoms with van der Waals surface area (Å²) in [7, 11) is -1.86. The van der Waals surface area contributed by atoms with E-state index in [-0.39, 0.29) is 17.0 Å². The van der Waals surface area contributed by atoms with Gasteiger partial charge in [0.25, 0.3) is 5.91 Å². The Morgan fingerprint density at radius 2 is 1.96 bits per heavy atom. The number of carbonyl (C=O) groups is 1. The Morgan fingerprint density at radius 3 is 2.56 bits per heavy atom. The van der Waals surface area contributed by atoms with Crippen LogP contribution in [0.1, 0.15) is 49.3 Å². The first kappa shape index (κ1) is 21.3. The number of benzene rings is 1. The third kappa shape index (κ3) is 5.75. The molecular formula is C20H32N4O2Si. The standard InChI is InChI=1S/C20H32N4O2Si/c1-20(2,3)27(4,5)26-14-17(12-11-16-9-7-6-8-10-16)24-13-18(22-15-24)19(25)23-21/h6-10,13,15,17H,11-12,14,21H2,1-5H3,(H,23,25)/t17-/m0/s1. The first-order valence-corrected chi connectivity index (χ1v) is 12.3. The fourth-order valence-corrected chi connectivity index (χ4v) is 3.59. The second-order valence-electron chi connectivity index (χ2n) is 8.43. The van der Waals surface area contributed by atoms with Gasteiger partial charge in [-0.2, -0.15) is 0 Å². The molecule has 148 valence electrons. The molecule has 6 nitrogen and oxygen atoms in total. The minimum atomic E-state index is -1.86. The van der Waals surface area contributed by atoms with Gasteiger partial charge in [0.1, 0.15) is 5.69 Å². The van der Waals surface area contributed by atoms with Gasteiger partial charge in [0.05, 0.1) is 19.0 Å². The summed E-state index contributed by atoms with van der Waals surface area (Å²) < 4.78 is 8.43. The van der Waals surface area contributed by atoms with Gasteiger partial charge in [-0.15, -0.1) is 0 Å². The van der Waals surface area contributed by atoms with Crippen LogP contribution in [0.25, 0.3) is 0 Å². The molecule has 0 aliphatic heterocycles. The Labute approximate surface area is 163 Å². The van der Waals surface area contributed by atoms with Crippen LogP contribution in [0.3, 0.4) is 0 Å². The van der Waals surface area contributed by atoms with E-state index in [2.05, 4.69) is 68.5 Å². The van der Waals surface area contributed by atoms with Gasteiger partial charge in [-0.05, 0) is 36.5 Å². The van der Waals surface area contributed by atoms with Crippen LogP contribution in [-0.4, -0.2) is 30.4 Å². The maximum Gasteiger partial charge on any atom is 0.285 e. The molecule has 2 rings (SSSR count). The number of nitrogen functional groups attached to an aromatic ring is 1. The highest BCUT2D eigenvalue weighted by atomic mass is 28.4. The van der Waals surface area contributed by atoms with Crippen molar-refractivity contribution in [2.45, 2.75) is 57.8 Å². The fraction of sp³-hybridized carbons (Fsp3) is 0.500. The van der Waals surface area contributed by atoms with Crippen LogP contribution in [0.2, 0.25) is 18.1 Å². The summed E-state index contributed by atoms with van der Waals surface area (Å²) in [5.41, 5.74) is 3.73. The van der Waals surface area contributed by atoms with E-state index in [1.165, 1.54) is 5.56 Å². The zero-order valence-electron chi connectivity index (χ0n) is 17.0. The second kappa shape index (κ2) is 8.82. The van der Waals surface area contributed by atoms with Crippen molar-refractivity contribution in [1.82, 2.24) is 15.0 Å². The third-order valence-corrected chi connectivity index (χ3v) is 9.94. The fourth-order valence-electron chi connectivity index (χ4n) is 2.55. The summed E-state index contributed by atoms with van der Waals surface area (Å²) in [5.74, 6) is 4.83. The van der Waals surface area contributed by atoms with Crippen molar-refractivity contribution in [3.8, 4) is 0 Å². The number of aromatic nitrogens is 2. The van der Waals surface area contributed by atoms with Gasteiger partial charge in [0, 0.05) is 6.20 Å². The van der Waals surface area contributed by atoms with Crippen LogP contribution in [0.4, 0.5) is 0 Å². The van der Waals surface area contributed by atoms with Crippen molar-refractivity contribution < 1.29 is 9.22 Å². The Morgan fingerprint density at radius 1 is 1.30 bits per heavy atom. The van der Waals surface area contributed by atoms with Gasteiger partial charge in [-0.3, -0.25) is 10.2 Å². The Bertz CT molecular complexity index is 738. The van der Waals surface area contributed by atoms with Gasteiger partial charge < -0.3 is 8.99 Å². The summed E-state index contributed by atoms with van der Waals surface area (Å²) in [5, 5.41) is 0.149. The average Bonchev–Trinajstić information content (AvgIpc) is 3.11. The number of carbonyl (C=O) groups excluding carboxylic acids is 1. The number of imidazole rings is 1. The van der Waals surface area contributed by atoms with Crippen LogP contribution < -0.4 is 11.3 Å². The van der Waals surface area contributed by atoms with Crippen LogP contribution in [0, 0.1) is 0 Å². The van der Waals surface area contributed by atoms with E-state index in [4.69, 9.17) is 10.3 Å². The van der Waals surface area contributed by atoms with Crippen LogP contribution >= 0.6 is 0 Å². The molecule has 1 aromatic carbocycles. The number of hydrogen-bond acceptors (Lipinski definition) is 4. The highest BCUT2D eigenvalue weighted by Gasteiger charge is 2.37. The zero-order chi connectivity index (χ0) is 20.1. The zero-order valence-corrected chi connectivity index (χ0v) is 18.0. The van der Waals surface area contributed by atoms with E-state index < -0.39 is 8.32 Å². The predicted molar refractivity (Wildman–Crippen MR) is 111 cm³/mol. The van der Waals surface area contributed by atoms with Crippen molar-refractivity contribution in [1.29, 1.82) is 0 Å². The maximum atomic E-state index is 11.7. The van der Waals surface area contributed by atoms with Gasteiger partial charge in [0.2, 0.25) is 0 Å². The molecule has 1 atom stereocenters. The van der Waals surface area contributed by atoms with Crippen LogP contribution in [0.15, 0.2) is 42.9 Å². The smallest absolute Gasteiger partial charge is 0.285 e. The summed E-state index contributed by atoms with van der Waals surface area (Å²) in [6.07, 6.45) is 5.27. The lowest BCUT2D eigenvalue weighted by atomic mass is 10.1. The first-order chi connectivity index (χ1) is 12.6. The number of hydrazine groups is 1. The SMILES string of the molecule is CC(C)(C)[Si](C)(C)OC[C@H](CCc1ccccc1)n1cnc(C(=O)NN)c1. The van der Waals surface area contributed by atoms with E-state index in [0.717, 1.165) is 12.8 Å². The van der Waals surface area contributed by atoms with E-state index in [1.807, 2.05) is 10.6 Å². The monoisotopic (exact) mass is 388 g/mol. The molecule has 27 heavy (non-hydrogen) atoms. The molecule has 2 aromatic rings. The minimum absolute atomic E-state index is 0.103. The van der Waals surface area contributed by atoms with Crippen LogP contribution in [-0.2, 0) is 10.8 Å². The molecule has 0 spiro atoms. The van der Waals surface area contributed by atoms with Crippen molar-refractivity contribution in [3.63, 3.8) is 0 Å². The average molecular weight is 389 g/mol. The summed E-state index contributed by atoms with van der Waals surface area (Å²) in [6, 6.07) is 10.5. The van der Waals surface area contributed by atoms with Gasteiger partial charge >= 0.3 is 0 Å². The third-order valence-electron chi connectivity index (χ3n) is 5.44. The number of nitrogens with one attached hydrogen (secondary N) is 1. The molecular weight excluding hydrogens is 356 g/mol. The first-order valence-electron chi connectivity index (χ1n) is 9.36. The minimum Gasteiger partial charge on any atom is -0.415 e. The molecule has 0 unspecified atom stereocenters. The molecule has 1 heterocycles. The Kier molecular flexibility index (Phi) is 6.97. The molecule has 7 heteroatoms. The Hall–Kier alpha value is -1.96. The summed E-state index contributed by atoms with van der Waals surface area (Å²) >= 11 is 0. The number of nitrogens with zero attached hydrogens (tertiary/aromatic N) is 2. The highest BCUT2D eigenvalue weighted by Crippen LogP contribution is 2.37. The topological polar surface area (TPSA) is 82.2 Å². The number of rotatable bonds is 8. The lowest BCUT2D eigenvalue weighted by Crippen LogP contribution is -2.42. The largest absolute Gasteiger partial charge is 0.415 e.